The standard InChI is InChI=1S/C34H37F3N8O4/c1-20-10-13-45(42-20)26-16-23(21-4-6-22(7-5-21)30(46)43(2)3)8-9-24(26)29(34(35,36)37)49-28-17-27(40-32(38)41-28)44-14-11-33(12-15-44)18-25(31(47)48)39-19-33/h4-10,13,16-17,25,29,39H,11-12,14-15,18-19H2,1-3H3,(H,47,48)(H2,38,40,41)/t25-,29?/m0/s1. The van der Waals surface area contributed by atoms with Crippen molar-refractivity contribution in [2.24, 2.45) is 5.41 Å². The van der Waals surface area contributed by atoms with Crippen LogP contribution in [0.2, 0.25) is 0 Å². The summed E-state index contributed by atoms with van der Waals surface area (Å²) in [5.74, 6) is -1.30. The third kappa shape index (κ3) is 7.16. The van der Waals surface area contributed by atoms with Crippen molar-refractivity contribution in [3.05, 3.63) is 77.6 Å². The predicted octanol–water partition coefficient (Wildman–Crippen LogP) is 4.64. The maximum Gasteiger partial charge on any atom is 0.429 e. The molecule has 2 saturated heterocycles. The number of rotatable bonds is 8. The lowest BCUT2D eigenvalue weighted by Gasteiger charge is -2.39. The van der Waals surface area contributed by atoms with Gasteiger partial charge in [0.05, 0.1) is 11.4 Å². The van der Waals surface area contributed by atoms with Crippen LogP contribution in [0.5, 0.6) is 5.88 Å². The second-order valence-corrected chi connectivity index (χ2v) is 12.9. The zero-order valence-electron chi connectivity index (χ0n) is 27.2. The molecule has 12 nitrogen and oxygen atoms in total. The number of hydrogen-bond donors (Lipinski definition) is 3. The molecule has 2 fully saturated rings. The van der Waals surface area contributed by atoms with Gasteiger partial charge in [0.1, 0.15) is 11.9 Å². The molecule has 4 heterocycles. The minimum Gasteiger partial charge on any atom is -0.480 e. The first-order valence-corrected chi connectivity index (χ1v) is 15.8. The number of carboxylic acid groups (broad SMARTS) is 1. The molecule has 1 spiro atoms. The monoisotopic (exact) mass is 678 g/mol. The molecule has 0 radical (unpaired) electrons. The van der Waals surface area contributed by atoms with E-state index in [-0.39, 0.29) is 34.4 Å². The van der Waals surface area contributed by atoms with Gasteiger partial charge in [0.25, 0.3) is 5.91 Å². The molecule has 2 aromatic carbocycles. The minimum absolute atomic E-state index is 0.148. The van der Waals surface area contributed by atoms with Crippen molar-refractivity contribution in [3.8, 4) is 22.7 Å². The number of anilines is 2. The number of aliphatic carboxylic acids is 1. The van der Waals surface area contributed by atoms with Gasteiger partial charge in [-0.05, 0) is 67.0 Å². The number of hydrogen-bond acceptors (Lipinski definition) is 9. The Morgan fingerprint density at radius 1 is 1.06 bits per heavy atom. The number of nitrogens with two attached hydrogens (primary N) is 1. The van der Waals surface area contributed by atoms with Crippen molar-refractivity contribution in [2.75, 3.05) is 44.4 Å². The van der Waals surface area contributed by atoms with E-state index in [9.17, 15) is 27.9 Å². The van der Waals surface area contributed by atoms with Gasteiger partial charge in [-0.2, -0.15) is 28.2 Å². The van der Waals surface area contributed by atoms with Crippen LogP contribution in [0.4, 0.5) is 24.9 Å². The minimum atomic E-state index is -4.86. The van der Waals surface area contributed by atoms with Gasteiger partial charge in [0.15, 0.2) is 0 Å². The molecular formula is C34H37F3N8O4. The number of aryl methyl sites for hydroxylation is 1. The third-order valence-corrected chi connectivity index (χ3v) is 9.20. The maximum atomic E-state index is 14.9. The predicted molar refractivity (Wildman–Crippen MR) is 176 cm³/mol. The molecule has 15 heteroatoms. The highest BCUT2D eigenvalue weighted by molar-refractivity contribution is 5.94. The van der Waals surface area contributed by atoms with Crippen LogP contribution in [0, 0.1) is 12.3 Å². The van der Waals surface area contributed by atoms with Crippen LogP contribution in [0.3, 0.4) is 0 Å². The van der Waals surface area contributed by atoms with Crippen molar-refractivity contribution < 1.29 is 32.6 Å². The van der Waals surface area contributed by atoms with Crippen LogP contribution < -0.4 is 20.7 Å². The maximum absolute atomic E-state index is 14.9. The Kier molecular flexibility index (Phi) is 8.96. The molecule has 2 aliphatic rings. The Balaban J connectivity index is 1.30. The number of amides is 1. The molecule has 258 valence electrons. The fraction of sp³-hybridized carbons (Fsp3) is 0.382. The summed E-state index contributed by atoms with van der Waals surface area (Å²) >= 11 is 0. The normalized spacial score (nSPS) is 18.0. The number of carbonyl (C=O) groups is 2. The van der Waals surface area contributed by atoms with Crippen molar-refractivity contribution in [3.63, 3.8) is 0 Å². The number of piperidine rings is 1. The lowest BCUT2D eigenvalue weighted by atomic mass is 9.76. The molecule has 2 aromatic heterocycles. The average Bonchev–Trinajstić information content (AvgIpc) is 3.69. The van der Waals surface area contributed by atoms with Gasteiger partial charge < -0.3 is 30.7 Å². The van der Waals surface area contributed by atoms with Gasteiger partial charge in [-0.1, -0.05) is 24.3 Å². The Morgan fingerprint density at radius 3 is 2.35 bits per heavy atom. The molecule has 4 N–H and O–H groups in total. The zero-order valence-corrected chi connectivity index (χ0v) is 27.2. The lowest BCUT2D eigenvalue weighted by molar-refractivity contribution is -0.198. The van der Waals surface area contributed by atoms with E-state index in [4.69, 9.17) is 10.5 Å². The summed E-state index contributed by atoms with van der Waals surface area (Å²) < 4.78 is 51.7. The Labute approximate surface area is 280 Å². The number of carboxylic acids is 1. The molecule has 49 heavy (non-hydrogen) atoms. The number of nitrogen functional groups attached to an aromatic ring is 1. The molecule has 6 rings (SSSR count). The zero-order chi connectivity index (χ0) is 35.1. The fourth-order valence-corrected chi connectivity index (χ4v) is 6.52. The molecule has 0 saturated carbocycles. The lowest BCUT2D eigenvalue weighted by Crippen LogP contribution is -2.41. The third-order valence-electron chi connectivity index (χ3n) is 9.20. The number of aromatic nitrogens is 4. The number of halogens is 3. The van der Waals surface area contributed by atoms with Gasteiger partial charge >= 0.3 is 12.1 Å². The summed E-state index contributed by atoms with van der Waals surface area (Å²) in [7, 11) is 3.30. The van der Waals surface area contributed by atoms with E-state index in [0.29, 0.717) is 67.1 Å². The summed E-state index contributed by atoms with van der Waals surface area (Å²) in [4.78, 5) is 35.5. The number of nitrogens with zero attached hydrogens (tertiary/aromatic N) is 6. The highest BCUT2D eigenvalue weighted by Gasteiger charge is 2.46. The van der Waals surface area contributed by atoms with Crippen molar-refractivity contribution in [1.29, 1.82) is 0 Å². The molecule has 4 aromatic rings. The first-order chi connectivity index (χ1) is 23.2. The molecule has 0 aliphatic carbocycles. The molecular weight excluding hydrogens is 641 g/mol. The number of ether oxygens (including phenoxy) is 1. The van der Waals surface area contributed by atoms with Crippen LogP contribution in [0.1, 0.15) is 47.0 Å². The molecule has 1 unspecified atom stereocenters. The Morgan fingerprint density at radius 2 is 1.76 bits per heavy atom. The van der Waals surface area contributed by atoms with E-state index < -0.39 is 24.3 Å². The summed E-state index contributed by atoms with van der Waals surface area (Å²) in [5, 5.41) is 16.9. The van der Waals surface area contributed by atoms with Gasteiger partial charge in [-0.25, -0.2) is 4.68 Å². The summed E-state index contributed by atoms with van der Waals surface area (Å²) in [6, 6.07) is 13.8. The van der Waals surface area contributed by atoms with E-state index in [1.54, 1.807) is 69.7 Å². The smallest absolute Gasteiger partial charge is 0.429 e. The Hall–Kier alpha value is -5.18. The van der Waals surface area contributed by atoms with Crippen LogP contribution in [0.25, 0.3) is 16.8 Å². The van der Waals surface area contributed by atoms with Crippen molar-refractivity contribution in [1.82, 2.24) is 30.0 Å². The molecule has 2 aliphatic heterocycles. The second kappa shape index (κ2) is 13.0. The molecule has 0 bridgehead atoms. The quantitative estimate of drug-likeness (QED) is 0.241. The number of alkyl halides is 3. The number of benzene rings is 2. The van der Waals surface area contributed by atoms with E-state index >= 15 is 0 Å². The van der Waals surface area contributed by atoms with E-state index in [1.807, 2.05) is 4.90 Å². The first kappa shape index (κ1) is 33.7. The molecule has 1 amide bonds. The summed E-state index contributed by atoms with van der Waals surface area (Å²) in [6.07, 6.45) is -3.84. The van der Waals surface area contributed by atoms with Gasteiger partial charge in [0, 0.05) is 57.1 Å². The average molecular weight is 679 g/mol. The topological polar surface area (TPSA) is 152 Å². The van der Waals surface area contributed by atoms with Gasteiger partial charge in [-0.15, -0.1) is 0 Å². The highest BCUT2D eigenvalue weighted by atomic mass is 19.4. The highest BCUT2D eigenvalue weighted by Crippen LogP contribution is 2.43. The van der Waals surface area contributed by atoms with Crippen LogP contribution >= 0.6 is 0 Å². The largest absolute Gasteiger partial charge is 0.480 e. The summed E-state index contributed by atoms with van der Waals surface area (Å²) in [5.41, 5.74) is 8.16. The van der Waals surface area contributed by atoms with Gasteiger partial charge in [0.2, 0.25) is 17.9 Å². The summed E-state index contributed by atoms with van der Waals surface area (Å²) in [6.45, 7) is 3.35. The fourth-order valence-electron chi connectivity index (χ4n) is 6.52. The van der Waals surface area contributed by atoms with Crippen LogP contribution in [-0.2, 0) is 4.79 Å². The first-order valence-electron chi connectivity index (χ1n) is 15.8. The van der Waals surface area contributed by atoms with Crippen LogP contribution in [-0.4, -0.2) is 87.6 Å². The second-order valence-electron chi connectivity index (χ2n) is 12.9. The van der Waals surface area contributed by atoms with E-state index in [1.165, 1.54) is 21.7 Å². The number of nitrogens with one attached hydrogen (secondary N) is 1. The van der Waals surface area contributed by atoms with Crippen molar-refractivity contribution in [2.45, 2.75) is 44.5 Å². The number of carbonyl (C=O) groups excluding carboxylic acids is 1. The van der Waals surface area contributed by atoms with Crippen LogP contribution in [0.15, 0.2) is 60.8 Å². The Bertz CT molecular complexity index is 1850. The SMILES string of the molecule is Cc1ccn(-c2cc(-c3ccc(C(=O)N(C)C)cc3)ccc2C(Oc2cc(N3CCC4(CC3)CN[C@H](C(=O)O)C4)nc(N)n2)C(F)(F)F)n1. The van der Waals surface area contributed by atoms with Gasteiger partial charge in [-0.3, -0.25) is 9.59 Å². The van der Waals surface area contributed by atoms with E-state index in [2.05, 4.69) is 20.4 Å². The van der Waals surface area contributed by atoms with E-state index in [0.717, 1.165) is 0 Å². The molecule has 2 atom stereocenters. The van der Waals surface area contributed by atoms with Crippen molar-refractivity contribution >= 4 is 23.6 Å².